The number of aromatic amines is 1. The van der Waals surface area contributed by atoms with E-state index >= 15 is 0 Å². The maximum atomic E-state index is 13.6. The van der Waals surface area contributed by atoms with Gasteiger partial charge in [0.05, 0.1) is 12.1 Å². The quantitative estimate of drug-likeness (QED) is 0.371. The van der Waals surface area contributed by atoms with Gasteiger partial charge in [-0.1, -0.05) is 43.2 Å². The summed E-state index contributed by atoms with van der Waals surface area (Å²) in [5, 5.41) is 1.07. The Kier molecular flexibility index (Phi) is 8.25. The van der Waals surface area contributed by atoms with Gasteiger partial charge >= 0.3 is 6.18 Å². The van der Waals surface area contributed by atoms with Crippen molar-refractivity contribution < 1.29 is 22.8 Å². The van der Waals surface area contributed by atoms with Crippen molar-refractivity contribution >= 4 is 22.7 Å². The zero-order chi connectivity index (χ0) is 26.6. The molecule has 1 N–H and O–H groups in total. The van der Waals surface area contributed by atoms with Gasteiger partial charge in [-0.25, -0.2) is 0 Å². The van der Waals surface area contributed by atoms with Crippen LogP contribution in [0.15, 0.2) is 54.7 Å². The Morgan fingerprint density at radius 3 is 2.35 bits per heavy atom. The van der Waals surface area contributed by atoms with Crippen LogP contribution >= 0.6 is 0 Å². The van der Waals surface area contributed by atoms with E-state index in [1.807, 2.05) is 44.3 Å². The monoisotopic (exact) mass is 513 g/mol. The molecule has 37 heavy (non-hydrogen) atoms. The van der Waals surface area contributed by atoms with Crippen LogP contribution in [0.5, 0.6) is 0 Å². The molecule has 0 spiro atoms. The summed E-state index contributed by atoms with van der Waals surface area (Å²) in [5.74, 6) is -0.225. The molecule has 0 unspecified atom stereocenters. The number of hydrogen-bond donors (Lipinski definition) is 1. The number of nitrogens with one attached hydrogen (secondary N) is 1. The molecule has 0 radical (unpaired) electrons. The molecule has 0 atom stereocenters. The Balaban J connectivity index is 1.53. The minimum Gasteiger partial charge on any atom is -0.361 e. The molecule has 1 fully saturated rings. The molecule has 8 heteroatoms. The smallest absolute Gasteiger partial charge is 0.361 e. The third-order valence-electron chi connectivity index (χ3n) is 7.25. The van der Waals surface area contributed by atoms with E-state index in [1.165, 1.54) is 12.1 Å². The lowest BCUT2D eigenvalue weighted by atomic mass is 10.1. The first kappa shape index (κ1) is 26.8. The first-order chi connectivity index (χ1) is 17.6. The molecule has 4 rings (SSSR count). The lowest BCUT2D eigenvalue weighted by molar-refractivity contribution is -0.144. The number of carbonyl (C=O) groups is 2. The molecule has 0 saturated heterocycles. The van der Waals surface area contributed by atoms with Crippen LogP contribution in [-0.4, -0.2) is 45.7 Å². The van der Waals surface area contributed by atoms with Gasteiger partial charge in [0.15, 0.2) is 0 Å². The maximum absolute atomic E-state index is 13.6. The highest BCUT2D eigenvalue weighted by molar-refractivity contribution is 5.86. The summed E-state index contributed by atoms with van der Waals surface area (Å²) in [6.45, 7) is 4.33. The van der Waals surface area contributed by atoms with Crippen molar-refractivity contribution in [2.45, 2.75) is 64.7 Å². The Bertz CT molecular complexity index is 1210. The maximum Gasteiger partial charge on any atom is 0.416 e. The molecule has 2 aromatic carbocycles. The fraction of sp³-hybridized carbons (Fsp3) is 0.448. The highest BCUT2D eigenvalue weighted by atomic mass is 19.4. The Morgan fingerprint density at radius 2 is 1.70 bits per heavy atom. The Morgan fingerprint density at radius 1 is 1.03 bits per heavy atom. The first-order valence-corrected chi connectivity index (χ1v) is 12.9. The standard InChI is InChI=1S/C29H34F3N3O2/c1-20(2)35(28(37)22-7-3-4-8-22)19-27(36)34(18-21-11-13-24(14-12-21)29(30,31)32)16-15-23-17-33-26-10-6-5-9-25(23)26/h5-6,9-14,17,20,22,33H,3-4,7-8,15-16,18-19H2,1-2H3. The fourth-order valence-electron chi connectivity index (χ4n) is 5.07. The molecule has 1 aromatic heterocycles. The van der Waals surface area contributed by atoms with E-state index in [0.29, 0.717) is 18.5 Å². The second kappa shape index (κ2) is 11.4. The van der Waals surface area contributed by atoms with Crippen molar-refractivity contribution in [3.05, 3.63) is 71.4 Å². The minimum absolute atomic E-state index is 0.0203. The summed E-state index contributed by atoms with van der Waals surface area (Å²) >= 11 is 0. The molecule has 1 saturated carbocycles. The SMILES string of the molecule is CC(C)N(CC(=O)N(CCc1c[nH]c2ccccc12)Cc1ccc(C(F)(F)F)cc1)C(=O)C1CCCC1. The number of H-pyrrole nitrogens is 1. The van der Waals surface area contributed by atoms with E-state index in [4.69, 9.17) is 0 Å². The number of rotatable bonds is 9. The van der Waals surface area contributed by atoms with Gasteiger partial charge in [-0.2, -0.15) is 13.2 Å². The van der Waals surface area contributed by atoms with E-state index in [9.17, 15) is 22.8 Å². The summed E-state index contributed by atoms with van der Waals surface area (Å²) in [6.07, 6.45) is 1.85. The average Bonchev–Trinajstić information content (AvgIpc) is 3.55. The lowest BCUT2D eigenvalue weighted by Gasteiger charge is -2.32. The predicted octanol–water partition coefficient (Wildman–Crippen LogP) is 6.19. The number of fused-ring (bicyclic) bond motifs is 1. The van der Waals surface area contributed by atoms with Crippen LogP contribution in [0.1, 0.15) is 56.2 Å². The van der Waals surface area contributed by atoms with Crippen LogP contribution in [-0.2, 0) is 28.7 Å². The minimum atomic E-state index is -4.41. The van der Waals surface area contributed by atoms with Gasteiger partial charge in [-0.3, -0.25) is 9.59 Å². The highest BCUT2D eigenvalue weighted by Crippen LogP contribution is 2.30. The molecule has 198 valence electrons. The third-order valence-corrected chi connectivity index (χ3v) is 7.25. The Hall–Kier alpha value is -3.29. The zero-order valence-electron chi connectivity index (χ0n) is 21.4. The number of carbonyl (C=O) groups excluding carboxylic acids is 2. The van der Waals surface area contributed by atoms with Gasteiger partial charge in [0, 0.05) is 42.1 Å². The van der Waals surface area contributed by atoms with Gasteiger partial charge < -0.3 is 14.8 Å². The fourth-order valence-corrected chi connectivity index (χ4v) is 5.07. The molecule has 1 aliphatic rings. The molecule has 3 aromatic rings. The molecule has 5 nitrogen and oxygen atoms in total. The molecule has 0 bridgehead atoms. The number of alkyl halides is 3. The number of amides is 2. The molecule has 1 heterocycles. The lowest BCUT2D eigenvalue weighted by Crippen LogP contribution is -2.47. The number of nitrogens with zero attached hydrogens (tertiary/aromatic N) is 2. The summed E-state index contributed by atoms with van der Waals surface area (Å²) < 4.78 is 39.1. The van der Waals surface area contributed by atoms with Crippen LogP contribution in [0.3, 0.4) is 0 Å². The largest absolute Gasteiger partial charge is 0.416 e. The van der Waals surface area contributed by atoms with E-state index < -0.39 is 11.7 Å². The molecule has 2 amide bonds. The van der Waals surface area contributed by atoms with E-state index in [2.05, 4.69) is 4.98 Å². The van der Waals surface area contributed by atoms with Crippen molar-refractivity contribution in [2.24, 2.45) is 5.92 Å². The zero-order valence-corrected chi connectivity index (χ0v) is 21.4. The van der Waals surface area contributed by atoms with E-state index in [0.717, 1.165) is 54.3 Å². The van der Waals surface area contributed by atoms with Crippen LogP contribution in [0.2, 0.25) is 0 Å². The molecule has 1 aliphatic carbocycles. The first-order valence-electron chi connectivity index (χ1n) is 12.9. The van der Waals surface area contributed by atoms with Crippen LogP contribution < -0.4 is 0 Å². The van der Waals surface area contributed by atoms with E-state index in [-0.39, 0.29) is 36.9 Å². The number of benzene rings is 2. The number of hydrogen-bond acceptors (Lipinski definition) is 2. The van der Waals surface area contributed by atoms with Gasteiger partial charge in [0.1, 0.15) is 0 Å². The van der Waals surface area contributed by atoms with E-state index in [1.54, 1.807) is 9.80 Å². The number of para-hydroxylation sites is 1. The van der Waals surface area contributed by atoms with Crippen molar-refractivity contribution in [1.29, 1.82) is 0 Å². The molecular formula is C29H34F3N3O2. The topological polar surface area (TPSA) is 56.4 Å². The van der Waals surface area contributed by atoms with Crippen molar-refractivity contribution in [3.8, 4) is 0 Å². The van der Waals surface area contributed by atoms with Gasteiger partial charge in [0.2, 0.25) is 11.8 Å². The third kappa shape index (κ3) is 6.53. The summed E-state index contributed by atoms with van der Waals surface area (Å²) in [4.78, 5) is 33.3. The van der Waals surface area contributed by atoms with Crippen molar-refractivity contribution in [3.63, 3.8) is 0 Å². The molecule has 0 aliphatic heterocycles. The van der Waals surface area contributed by atoms with Crippen LogP contribution in [0, 0.1) is 5.92 Å². The number of aromatic nitrogens is 1. The molecular weight excluding hydrogens is 479 g/mol. The summed E-state index contributed by atoms with van der Waals surface area (Å²) in [7, 11) is 0. The second-order valence-corrected chi connectivity index (χ2v) is 10.2. The normalized spacial score (nSPS) is 14.4. The van der Waals surface area contributed by atoms with Gasteiger partial charge in [-0.15, -0.1) is 0 Å². The second-order valence-electron chi connectivity index (χ2n) is 10.2. The number of halogens is 3. The Labute approximate surface area is 215 Å². The summed E-state index contributed by atoms with van der Waals surface area (Å²) in [5.41, 5.74) is 1.95. The highest BCUT2D eigenvalue weighted by Gasteiger charge is 2.32. The average molecular weight is 514 g/mol. The summed E-state index contributed by atoms with van der Waals surface area (Å²) in [6, 6.07) is 12.7. The van der Waals surface area contributed by atoms with Gasteiger partial charge in [0.25, 0.3) is 0 Å². The predicted molar refractivity (Wildman–Crippen MR) is 138 cm³/mol. The van der Waals surface area contributed by atoms with Crippen LogP contribution in [0.4, 0.5) is 13.2 Å². The van der Waals surface area contributed by atoms with Crippen LogP contribution in [0.25, 0.3) is 10.9 Å². The van der Waals surface area contributed by atoms with Gasteiger partial charge in [-0.05, 0) is 62.4 Å². The van der Waals surface area contributed by atoms with Crippen molar-refractivity contribution in [2.75, 3.05) is 13.1 Å². The van der Waals surface area contributed by atoms with Crippen molar-refractivity contribution in [1.82, 2.24) is 14.8 Å².